The van der Waals surface area contributed by atoms with Crippen molar-refractivity contribution in [2.24, 2.45) is 0 Å². The summed E-state index contributed by atoms with van der Waals surface area (Å²) >= 11 is 0. The molecule has 6 heteroatoms. The molecule has 42 heavy (non-hydrogen) atoms. The quantitative estimate of drug-likeness (QED) is 0.223. The molecule has 4 heterocycles. The molecule has 0 saturated heterocycles. The van der Waals surface area contributed by atoms with Crippen molar-refractivity contribution in [3.8, 4) is 11.4 Å². The zero-order chi connectivity index (χ0) is 27.9. The second kappa shape index (κ2) is 8.57. The number of aromatic nitrogens is 6. The lowest BCUT2D eigenvalue weighted by molar-refractivity contribution is 0.927. The van der Waals surface area contributed by atoms with Crippen LogP contribution >= 0.6 is 0 Å². The zero-order valence-electron chi connectivity index (χ0n) is 23.5. The number of imidazole rings is 4. The molecular weight excluding hydrogens is 516 g/mol. The van der Waals surface area contributed by atoms with E-state index in [9.17, 15) is 0 Å². The molecule has 5 aromatic carbocycles. The number of hydrogen-bond acceptors (Lipinski definition) is 2. The molecule has 0 aliphatic carbocycles. The molecule has 0 radical (unpaired) electrons. The summed E-state index contributed by atoms with van der Waals surface area (Å²) in [7, 11) is 0. The highest BCUT2D eigenvalue weighted by atomic mass is 15.2. The van der Waals surface area contributed by atoms with E-state index in [2.05, 4.69) is 141 Å². The Balaban J connectivity index is 1.35. The first-order valence-corrected chi connectivity index (χ1v) is 14.6. The Morgan fingerprint density at radius 1 is 0.524 bits per heavy atom. The van der Waals surface area contributed by atoms with Crippen LogP contribution < -0.4 is 0 Å². The van der Waals surface area contributed by atoms with Gasteiger partial charge in [0.2, 0.25) is 11.6 Å². The van der Waals surface area contributed by atoms with Crippen molar-refractivity contribution in [1.82, 2.24) is 27.9 Å². The number of nitrogens with zero attached hydrogens (tertiary/aromatic N) is 6. The molecule has 4 aromatic heterocycles. The molecule has 6 nitrogen and oxygen atoms in total. The Bertz CT molecular complexity index is 2500. The second-order valence-corrected chi connectivity index (χ2v) is 11.1. The highest BCUT2D eigenvalue weighted by Crippen LogP contribution is 2.34. The fourth-order valence-corrected chi connectivity index (χ4v) is 6.80. The third-order valence-corrected chi connectivity index (χ3v) is 8.61. The van der Waals surface area contributed by atoms with E-state index in [-0.39, 0.29) is 0 Å². The van der Waals surface area contributed by atoms with Crippen molar-refractivity contribution in [2.45, 2.75) is 26.7 Å². The van der Waals surface area contributed by atoms with Crippen LogP contribution in [0.1, 0.15) is 24.5 Å². The summed E-state index contributed by atoms with van der Waals surface area (Å²) in [6, 6.07) is 38.9. The van der Waals surface area contributed by atoms with E-state index in [1.54, 1.807) is 0 Å². The minimum absolute atomic E-state index is 0.913. The molecule has 0 spiro atoms. The maximum atomic E-state index is 5.28. The Morgan fingerprint density at radius 3 is 1.64 bits per heavy atom. The van der Waals surface area contributed by atoms with Crippen molar-refractivity contribution >= 4 is 55.7 Å². The average molecular weight is 545 g/mol. The van der Waals surface area contributed by atoms with Gasteiger partial charge in [-0.25, -0.2) is 9.97 Å². The van der Waals surface area contributed by atoms with Gasteiger partial charge in [0.15, 0.2) is 0 Å². The summed E-state index contributed by atoms with van der Waals surface area (Å²) in [6.45, 7) is 4.35. The van der Waals surface area contributed by atoms with Crippen molar-refractivity contribution in [3.05, 3.63) is 120 Å². The number of fused-ring (bicyclic) bond motifs is 10. The van der Waals surface area contributed by atoms with Crippen LogP contribution in [0, 0.1) is 6.92 Å². The first kappa shape index (κ1) is 23.4. The maximum Gasteiger partial charge on any atom is 0.220 e. The van der Waals surface area contributed by atoms with Gasteiger partial charge in [-0.3, -0.25) is 17.9 Å². The van der Waals surface area contributed by atoms with Gasteiger partial charge in [-0.15, -0.1) is 0 Å². The predicted molar refractivity (Wildman–Crippen MR) is 171 cm³/mol. The van der Waals surface area contributed by atoms with Gasteiger partial charge in [-0.05, 0) is 79.1 Å². The van der Waals surface area contributed by atoms with E-state index in [4.69, 9.17) is 9.97 Å². The highest BCUT2D eigenvalue weighted by Gasteiger charge is 2.21. The fraction of sp³-hybridized carbons (Fsp3) is 0.111. The van der Waals surface area contributed by atoms with Crippen LogP contribution in [0.25, 0.3) is 67.1 Å². The van der Waals surface area contributed by atoms with Gasteiger partial charge in [-0.2, -0.15) is 0 Å². The first-order valence-electron chi connectivity index (χ1n) is 14.6. The predicted octanol–water partition coefficient (Wildman–Crippen LogP) is 8.44. The van der Waals surface area contributed by atoms with Crippen LogP contribution in [0.15, 0.2) is 109 Å². The minimum atomic E-state index is 0.913. The molecule has 0 bridgehead atoms. The molecular formula is C36H28N6. The molecule has 0 fully saturated rings. The Hall–Kier alpha value is -5.36. The monoisotopic (exact) mass is 544 g/mol. The summed E-state index contributed by atoms with van der Waals surface area (Å²) in [5.74, 6) is 1.84. The standard InChI is InChI=1S/C36H28N6/c1-3-11-24-13-9-21-32-34(24)38-36-40(28-17-5-7-19-30(28)42(32)36)26-15-10-14-25(22-26)39-27-16-4-6-18-29(27)41-31-20-8-12-23(2)33(31)37-35(39)41/h4-10,12-22H,3,11H2,1-2H3. The topological polar surface area (TPSA) is 44.5 Å². The Labute approximate surface area is 241 Å². The van der Waals surface area contributed by atoms with Crippen molar-refractivity contribution < 1.29 is 0 Å². The van der Waals surface area contributed by atoms with Crippen LogP contribution in [0.2, 0.25) is 0 Å². The molecule has 9 rings (SSSR count). The summed E-state index contributed by atoms with van der Waals surface area (Å²) < 4.78 is 9.17. The average Bonchev–Trinajstić information content (AvgIpc) is 3.75. The van der Waals surface area contributed by atoms with Crippen LogP contribution in [-0.4, -0.2) is 27.9 Å². The SMILES string of the molecule is CCCc1cccc2c1nc1n(-c3cccc(-n4c5ccccc5n5c6cccc(C)c6nc45)c3)c3ccccc3n21. The van der Waals surface area contributed by atoms with Gasteiger partial charge in [0.1, 0.15) is 0 Å². The molecule has 202 valence electrons. The van der Waals surface area contributed by atoms with Gasteiger partial charge in [0, 0.05) is 0 Å². The van der Waals surface area contributed by atoms with E-state index in [1.807, 2.05) is 0 Å². The molecule has 0 N–H and O–H groups in total. The van der Waals surface area contributed by atoms with E-state index in [1.165, 1.54) is 11.1 Å². The first-order chi connectivity index (χ1) is 20.7. The van der Waals surface area contributed by atoms with Crippen molar-refractivity contribution in [2.75, 3.05) is 0 Å². The maximum absolute atomic E-state index is 5.28. The summed E-state index contributed by atoms with van der Waals surface area (Å²) in [5, 5.41) is 0. The van der Waals surface area contributed by atoms with Gasteiger partial charge in [0.25, 0.3) is 0 Å². The molecule has 0 amide bonds. The van der Waals surface area contributed by atoms with Gasteiger partial charge < -0.3 is 0 Å². The zero-order valence-corrected chi connectivity index (χ0v) is 23.5. The number of benzene rings is 5. The summed E-state index contributed by atoms with van der Waals surface area (Å²) in [6.07, 6.45) is 2.10. The summed E-state index contributed by atoms with van der Waals surface area (Å²) in [5.41, 5.74) is 13.5. The number of para-hydroxylation sites is 6. The van der Waals surface area contributed by atoms with E-state index < -0.39 is 0 Å². The number of aryl methyl sites for hydroxylation is 2. The minimum Gasteiger partial charge on any atom is -0.278 e. The lowest BCUT2D eigenvalue weighted by Crippen LogP contribution is -1.99. The van der Waals surface area contributed by atoms with Crippen molar-refractivity contribution in [1.29, 1.82) is 0 Å². The Kier molecular flexibility index (Phi) is 4.77. The molecule has 0 saturated carbocycles. The lowest BCUT2D eigenvalue weighted by Gasteiger charge is -2.10. The second-order valence-electron chi connectivity index (χ2n) is 11.1. The van der Waals surface area contributed by atoms with Crippen molar-refractivity contribution in [3.63, 3.8) is 0 Å². The highest BCUT2D eigenvalue weighted by molar-refractivity contribution is 5.95. The lowest BCUT2D eigenvalue weighted by atomic mass is 10.1. The smallest absolute Gasteiger partial charge is 0.220 e. The van der Waals surface area contributed by atoms with Gasteiger partial charge in [0.05, 0.1) is 55.5 Å². The van der Waals surface area contributed by atoms with Crippen LogP contribution in [-0.2, 0) is 6.42 Å². The van der Waals surface area contributed by atoms with E-state index in [0.29, 0.717) is 0 Å². The van der Waals surface area contributed by atoms with E-state index in [0.717, 1.165) is 79.9 Å². The van der Waals surface area contributed by atoms with Gasteiger partial charge >= 0.3 is 0 Å². The molecule has 0 unspecified atom stereocenters. The fourth-order valence-electron chi connectivity index (χ4n) is 6.80. The summed E-state index contributed by atoms with van der Waals surface area (Å²) in [4.78, 5) is 10.5. The van der Waals surface area contributed by atoms with Crippen LogP contribution in [0.4, 0.5) is 0 Å². The largest absolute Gasteiger partial charge is 0.278 e. The number of rotatable bonds is 4. The van der Waals surface area contributed by atoms with Gasteiger partial charge in [-0.1, -0.05) is 67.9 Å². The molecule has 0 atom stereocenters. The third-order valence-electron chi connectivity index (χ3n) is 8.61. The molecule has 0 aliphatic heterocycles. The van der Waals surface area contributed by atoms with Crippen LogP contribution in [0.3, 0.4) is 0 Å². The normalized spacial score (nSPS) is 12.2. The van der Waals surface area contributed by atoms with Crippen LogP contribution in [0.5, 0.6) is 0 Å². The Morgan fingerprint density at radius 2 is 1.02 bits per heavy atom. The van der Waals surface area contributed by atoms with E-state index >= 15 is 0 Å². The number of hydrogen-bond donors (Lipinski definition) is 0. The molecule has 0 aliphatic rings. The third kappa shape index (κ3) is 3.04. The molecule has 9 aromatic rings.